The molecule has 1 aliphatic heterocycles. The zero-order chi connectivity index (χ0) is 10.8. The Morgan fingerprint density at radius 2 is 2.40 bits per heavy atom. The third-order valence-corrected chi connectivity index (χ3v) is 2.91. The van der Waals surface area contributed by atoms with Crippen LogP contribution in [0.4, 0.5) is 0 Å². The predicted octanol–water partition coefficient (Wildman–Crippen LogP) is 2.00. The van der Waals surface area contributed by atoms with Crippen molar-refractivity contribution < 1.29 is 9.90 Å². The maximum atomic E-state index is 10.7. The maximum absolute atomic E-state index is 10.7. The van der Waals surface area contributed by atoms with Crippen molar-refractivity contribution in [2.75, 3.05) is 6.54 Å². The van der Waals surface area contributed by atoms with Gasteiger partial charge in [-0.1, -0.05) is 17.7 Å². The van der Waals surface area contributed by atoms with Gasteiger partial charge < -0.3 is 10.4 Å². The molecule has 1 aromatic rings. The molecule has 80 valence electrons. The number of halogens is 1. The number of aliphatic carboxylic acids is 1. The molecular formula is C11H12ClNO2. The van der Waals surface area contributed by atoms with E-state index in [0.717, 1.165) is 24.2 Å². The van der Waals surface area contributed by atoms with Crippen molar-refractivity contribution in [2.45, 2.75) is 18.9 Å². The van der Waals surface area contributed by atoms with Gasteiger partial charge in [0.15, 0.2) is 0 Å². The van der Waals surface area contributed by atoms with E-state index in [9.17, 15) is 4.79 Å². The normalized spacial score (nSPS) is 19.7. The molecule has 1 unspecified atom stereocenters. The lowest BCUT2D eigenvalue weighted by molar-refractivity contribution is -0.137. The molecule has 1 atom stereocenters. The zero-order valence-electron chi connectivity index (χ0n) is 8.16. The van der Waals surface area contributed by atoms with Crippen LogP contribution in [-0.4, -0.2) is 17.6 Å². The lowest BCUT2D eigenvalue weighted by Gasteiger charge is -2.25. The number of fused-ring (bicyclic) bond motifs is 1. The molecule has 1 heterocycles. The summed E-state index contributed by atoms with van der Waals surface area (Å²) in [5, 5.41) is 12.7. The summed E-state index contributed by atoms with van der Waals surface area (Å²) in [4.78, 5) is 10.7. The van der Waals surface area contributed by atoms with Gasteiger partial charge in [0.05, 0.1) is 6.42 Å². The van der Waals surface area contributed by atoms with Crippen LogP contribution >= 0.6 is 11.6 Å². The van der Waals surface area contributed by atoms with E-state index in [1.165, 1.54) is 0 Å². The van der Waals surface area contributed by atoms with Crippen LogP contribution < -0.4 is 5.32 Å². The average molecular weight is 226 g/mol. The monoisotopic (exact) mass is 225 g/mol. The molecule has 0 fully saturated rings. The number of carboxylic acids is 1. The Hall–Kier alpha value is -1.06. The van der Waals surface area contributed by atoms with Gasteiger partial charge >= 0.3 is 5.97 Å². The smallest absolute Gasteiger partial charge is 0.304 e. The molecule has 0 bridgehead atoms. The number of benzene rings is 1. The van der Waals surface area contributed by atoms with Crippen LogP contribution in [0.5, 0.6) is 0 Å². The first-order valence-electron chi connectivity index (χ1n) is 4.87. The second-order valence-corrected chi connectivity index (χ2v) is 4.21. The Kier molecular flexibility index (Phi) is 2.93. The van der Waals surface area contributed by atoms with E-state index < -0.39 is 5.97 Å². The second-order valence-electron chi connectivity index (χ2n) is 3.77. The minimum atomic E-state index is -0.760. The lowest BCUT2D eigenvalue weighted by atomic mass is 9.88. The summed E-state index contributed by atoms with van der Waals surface area (Å²) >= 11 is 5.89. The third kappa shape index (κ3) is 2.30. The third-order valence-electron chi connectivity index (χ3n) is 2.67. The molecule has 4 heteroatoms. The molecule has 0 saturated heterocycles. The highest BCUT2D eigenvalue weighted by atomic mass is 35.5. The molecule has 3 nitrogen and oxygen atoms in total. The van der Waals surface area contributed by atoms with E-state index in [0.29, 0.717) is 5.02 Å². The van der Waals surface area contributed by atoms with E-state index in [-0.39, 0.29) is 12.3 Å². The van der Waals surface area contributed by atoms with E-state index in [2.05, 4.69) is 5.32 Å². The van der Waals surface area contributed by atoms with Crippen LogP contribution in [0.2, 0.25) is 5.02 Å². The molecule has 2 rings (SSSR count). The van der Waals surface area contributed by atoms with Gasteiger partial charge in [-0.05, 0) is 23.3 Å². The van der Waals surface area contributed by atoms with Crippen LogP contribution in [0.25, 0.3) is 0 Å². The highest BCUT2D eigenvalue weighted by molar-refractivity contribution is 6.30. The number of carboxylic acid groups (broad SMARTS) is 1. The fraction of sp³-hybridized carbons (Fsp3) is 0.364. The molecule has 0 amide bonds. The molecule has 0 aromatic heterocycles. The summed E-state index contributed by atoms with van der Waals surface area (Å²) in [5.41, 5.74) is 2.22. The first-order valence-corrected chi connectivity index (χ1v) is 5.25. The first kappa shape index (κ1) is 10.5. The number of nitrogens with one attached hydrogen (secondary N) is 1. The van der Waals surface area contributed by atoms with Crippen LogP contribution in [0.3, 0.4) is 0 Å². The minimum absolute atomic E-state index is 0.0588. The molecule has 0 aliphatic carbocycles. The molecule has 1 aromatic carbocycles. The summed E-state index contributed by atoms with van der Waals surface area (Å²) in [6.07, 6.45) is 0.168. The van der Waals surface area contributed by atoms with E-state index >= 15 is 0 Å². The van der Waals surface area contributed by atoms with Gasteiger partial charge in [-0.15, -0.1) is 0 Å². The number of carbonyl (C=O) groups is 1. The molecule has 2 N–H and O–H groups in total. The maximum Gasteiger partial charge on any atom is 0.304 e. The highest BCUT2D eigenvalue weighted by Gasteiger charge is 2.22. The quantitative estimate of drug-likeness (QED) is 0.810. The van der Waals surface area contributed by atoms with Crippen molar-refractivity contribution in [3.8, 4) is 0 Å². The Bertz CT molecular complexity index is 392. The summed E-state index contributed by atoms with van der Waals surface area (Å²) in [5.74, 6) is -0.701. The van der Waals surface area contributed by atoms with E-state index in [1.807, 2.05) is 18.2 Å². The summed E-state index contributed by atoms with van der Waals surface area (Å²) in [7, 11) is 0. The molecular weight excluding hydrogens is 214 g/mol. The van der Waals surface area contributed by atoms with Crippen molar-refractivity contribution in [2.24, 2.45) is 0 Å². The molecule has 0 saturated carbocycles. The topological polar surface area (TPSA) is 49.3 Å². The van der Waals surface area contributed by atoms with Crippen molar-refractivity contribution in [1.29, 1.82) is 0 Å². The minimum Gasteiger partial charge on any atom is -0.481 e. The summed E-state index contributed by atoms with van der Waals surface area (Å²) < 4.78 is 0. The summed E-state index contributed by atoms with van der Waals surface area (Å²) in [6.45, 7) is 1.49. The van der Waals surface area contributed by atoms with Crippen LogP contribution in [0, 0.1) is 0 Å². The van der Waals surface area contributed by atoms with Crippen LogP contribution in [-0.2, 0) is 11.3 Å². The number of rotatable bonds is 2. The molecule has 0 radical (unpaired) electrons. The highest BCUT2D eigenvalue weighted by Crippen LogP contribution is 2.28. The van der Waals surface area contributed by atoms with Gasteiger partial charge in [0, 0.05) is 24.0 Å². The molecule has 0 spiro atoms. The number of hydrogen-bond donors (Lipinski definition) is 2. The first-order chi connectivity index (χ1) is 7.16. The SMILES string of the molecule is O=C(O)CC1CNCc2cc(Cl)ccc21. The van der Waals surface area contributed by atoms with E-state index in [1.54, 1.807) is 0 Å². The molecule has 15 heavy (non-hydrogen) atoms. The second kappa shape index (κ2) is 4.21. The van der Waals surface area contributed by atoms with Crippen molar-refractivity contribution >= 4 is 17.6 Å². The van der Waals surface area contributed by atoms with Gasteiger partial charge in [-0.3, -0.25) is 4.79 Å². The Balaban J connectivity index is 2.30. The van der Waals surface area contributed by atoms with Gasteiger partial charge in [-0.2, -0.15) is 0 Å². The molecule has 1 aliphatic rings. The number of hydrogen-bond acceptors (Lipinski definition) is 2. The predicted molar refractivity (Wildman–Crippen MR) is 58.2 cm³/mol. The van der Waals surface area contributed by atoms with Gasteiger partial charge in [0.1, 0.15) is 0 Å². The fourth-order valence-corrected chi connectivity index (χ4v) is 2.20. The van der Waals surface area contributed by atoms with Crippen molar-refractivity contribution in [3.05, 3.63) is 34.3 Å². The summed E-state index contributed by atoms with van der Waals surface area (Å²) in [6, 6.07) is 5.66. The van der Waals surface area contributed by atoms with Crippen LogP contribution in [0.1, 0.15) is 23.5 Å². The van der Waals surface area contributed by atoms with Crippen molar-refractivity contribution in [3.63, 3.8) is 0 Å². The van der Waals surface area contributed by atoms with E-state index in [4.69, 9.17) is 16.7 Å². The lowest BCUT2D eigenvalue weighted by Crippen LogP contribution is -2.29. The van der Waals surface area contributed by atoms with Crippen LogP contribution in [0.15, 0.2) is 18.2 Å². The van der Waals surface area contributed by atoms with Crippen molar-refractivity contribution in [1.82, 2.24) is 5.32 Å². The van der Waals surface area contributed by atoms with Gasteiger partial charge in [-0.25, -0.2) is 0 Å². The Morgan fingerprint density at radius 1 is 1.60 bits per heavy atom. The zero-order valence-corrected chi connectivity index (χ0v) is 8.92. The fourth-order valence-electron chi connectivity index (χ4n) is 2.01. The van der Waals surface area contributed by atoms with Gasteiger partial charge in [0.25, 0.3) is 0 Å². The van der Waals surface area contributed by atoms with Gasteiger partial charge in [0.2, 0.25) is 0 Å². The standard InChI is InChI=1S/C11H12ClNO2/c12-9-1-2-10-7(3-9)5-13-6-8(10)4-11(14)15/h1-3,8,13H,4-6H2,(H,14,15). The Morgan fingerprint density at radius 3 is 3.13 bits per heavy atom. The Labute approximate surface area is 93.1 Å². The largest absolute Gasteiger partial charge is 0.481 e. The average Bonchev–Trinajstić information content (AvgIpc) is 2.16.